The van der Waals surface area contributed by atoms with E-state index in [1.807, 2.05) is 0 Å². The van der Waals surface area contributed by atoms with E-state index in [1.54, 1.807) is 13.8 Å². The molecule has 1 heterocycles. The molecule has 4 amide bonds. The summed E-state index contributed by atoms with van der Waals surface area (Å²) in [5.74, 6) is -5.89. The van der Waals surface area contributed by atoms with Crippen molar-refractivity contribution in [3.63, 3.8) is 0 Å². The third-order valence-corrected chi connectivity index (χ3v) is 5.15. The third kappa shape index (κ3) is 7.80. The number of likely N-dealkylation sites (tertiary alicyclic amines) is 1. The van der Waals surface area contributed by atoms with Crippen molar-refractivity contribution in [1.82, 2.24) is 15.5 Å². The lowest BCUT2D eigenvalue weighted by molar-refractivity contribution is -0.148. The third-order valence-electron chi connectivity index (χ3n) is 5.15. The molecule has 0 radical (unpaired) electrons. The van der Waals surface area contributed by atoms with Gasteiger partial charge in [0.1, 0.15) is 18.1 Å². The number of carbonyl (C=O) groups excluding carboxylic acids is 4. The number of nitrogens with one attached hydrogen (secondary N) is 2. The zero-order valence-corrected chi connectivity index (χ0v) is 18.1. The van der Waals surface area contributed by atoms with Crippen LogP contribution in [0.25, 0.3) is 0 Å². The lowest BCUT2D eigenvalue weighted by Crippen LogP contribution is -2.57. The lowest BCUT2D eigenvalue weighted by atomic mass is 10.0. The molecule has 1 rings (SSSR count). The second-order valence-corrected chi connectivity index (χ2v) is 8.02. The molecule has 0 bridgehead atoms. The van der Waals surface area contributed by atoms with Crippen molar-refractivity contribution < 1.29 is 39.0 Å². The van der Waals surface area contributed by atoms with Crippen LogP contribution in [-0.2, 0) is 28.8 Å². The first-order chi connectivity index (χ1) is 14.8. The summed E-state index contributed by atoms with van der Waals surface area (Å²) >= 11 is 0. The summed E-state index contributed by atoms with van der Waals surface area (Å²) in [6.45, 7) is 3.61. The maximum absolute atomic E-state index is 13.1. The topological polar surface area (TPSA) is 222 Å². The quantitative estimate of drug-likeness (QED) is 0.186. The Morgan fingerprint density at radius 3 is 2.19 bits per heavy atom. The van der Waals surface area contributed by atoms with E-state index in [1.165, 1.54) is 4.90 Å². The van der Waals surface area contributed by atoms with Crippen molar-refractivity contribution in [3.8, 4) is 0 Å². The molecule has 0 aromatic carbocycles. The molecular formula is C19H31N5O8. The second-order valence-electron chi connectivity index (χ2n) is 8.02. The van der Waals surface area contributed by atoms with Gasteiger partial charge in [0.2, 0.25) is 23.6 Å². The zero-order valence-electron chi connectivity index (χ0n) is 18.1. The number of rotatable bonds is 12. The highest BCUT2D eigenvalue weighted by atomic mass is 16.4. The van der Waals surface area contributed by atoms with Gasteiger partial charge in [-0.1, -0.05) is 13.8 Å². The molecule has 13 heteroatoms. The van der Waals surface area contributed by atoms with Gasteiger partial charge in [-0.3, -0.25) is 24.0 Å². The molecule has 4 unspecified atom stereocenters. The highest BCUT2D eigenvalue weighted by Crippen LogP contribution is 2.20. The smallest absolute Gasteiger partial charge is 0.326 e. The number of hydrogen-bond acceptors (Lipinski definition) is 7. The first kappa shape index (κ1) is 26.8. The van der Waals surface area contributed by atoms with Crippen LogP contribution in [0.5, 0.6) is 0 Å². The Hall–Kier alpha value is -3.22. The van der Waals surface area contributed by atoms with Gasteiger partial charge in [-0.25, -0.2) is 4.79 Å². The van der Waals surface area contributed by atoms with E-state index >= 15 is 0 Å². The average molecular weight is 457 g/mol. The molecule has 1 fully saturated rings. The fourth-order valence-electron chi connectivity index (χ4n) is 3.26. The summed E-state index contributed by atoms with van der Waals surface area (Å²) in [6.07, 6.45) is -0.474. The number of primary amides is 1. The maximum atomic E-state index is 13.1. The van der Waals surface area contributed by atoms with Crippen molar-refractivity contribution in [2.45, 2.75) is 70.1 Å². The van der Waals surface area contributed by atoms with Crippen LogP contribution in [0.2, 0.25) is 0 Å². The number of carboxylic acid groups (broad SMARTS) is 2. The monoisotopic (exact) mass is 457 g/mol. The average Bonchev–Trinajstić information content (AvgIpc) is 3.18. The van der Waals surface area contributed by atoms with E-state index in [2.05, 4.69) is 10.6 Å². The Bertz CT molecular complexity index is 756. The summed E-state index contributed by atoms with van der Waals surface area (Å²) in [6, 6.07) is -4.77. The minimum atomic E-state index is -1.66. The van der Waals surface area contributed by atoms with Crippen LogP contribution in [0.3, 0.4) is 0 Å². The SMILES string of the molecule is CC(C)C(N)C(=O)NC(CCC(N)=O)C(=O)N1CCCC1C(=O)NC(CC(=O)O)C(=O)O. The van der Waals surface area contributed by atoms with Crippen LogP contribution in [-0.4, -0.2) is 81.4 Å². The molecule has 180 valence electrons. The van der Waals surface area contributed by atoms with Crippen molar-refractivity contribution in [2.24, 2.45) is 17.4 Å². The lowest BCUT2D eigenvalue weighted by Gasteiger charge is -2.30. The molecule has 32 heavy (non-hydrogen) atoms. The van der Waals surface area contributed by atoms with E-state index in [-0.39, 0.29) is 31.7 Å². The van der Waals surface area contributed by atoms with E-state index in [4.69, 9.17) is 21.7 Å². The first-order valence-electron chi connectivity index (χ1n) is 10.2. The zero-order chi connectivity index (χ0) is 24.6. The minimum Gasteiger partial charge on any atom is -0.481 e. The number of nitrogens with two attached hydrogens (primary N) is 2. The Balaban J connectivity index is 2.99. The molecular weight excluding hydrogens is 426 g/mol. The Morgan fingerprint density at radius 2 is 1.69 bits per heavy atom. The number of carbonyl (C=O) groups is 6. The normalized spacial score (nSPS) is 18.5. The molecule has 1 saturated heterocycles. The van der Waals surface area contributed by atoms with Gasteiger partial charge < -0.3 is 37.2 Å². The van der Waals surface area contributed by atoms with Gasteiger partial charge in [0, 0.05) is 13.0 Å². The predicted octanol–water partition coefficient (Wildman–Crippen LogP) is -2.24. The van der Waals surface area contributed by atoms with Crippen molar-refractivity contribution in [3.05, 3.63) is 0 Å². The number of carboxylic acids is 2. The van der Waals surface area contributed by atoms with Crippen molar-refractivity contribution in [1.29, 1.82) is 0 Å². The number of aliphatic carboxylic acids is 2. The summed E-state index contributed by atoms with van der Waals surface area (Å²) in [7, 11) is 0. The van der Waals surface area contributed by atoms with Crippen LogP contribution >= 0.6 is 0 Å². The van der Waals surface area contributed by atoms with Gasteiger partial charge in [-0.15, -0.1) is 0 Å². The molecule has 1 aliphatic heterocycles. The van der Waals surface area contributed by atoms with Gasteiger partial charge in [-0.2, -0.15) is 0 Å². The Morgan fingerprint density at radius 1 is 1.06 bits per heavy atom. The fourth-order valence-corrected chi connectivity index (χ4v) is 3.26. The number of amides is 4. The van der Waals surface area contributed by atoms with Crippen LogP contribution in [0, 0.1) is 5.92 Å². The van der Waals surface area contributed by atoms with Crippen molar-refractivity contribution >= 4 is 35.6 Å². The summed E-state index contributed by atoms with van der Waals surface area (Å²) in [5.41, 5.74) is 11.0. The molecule has 0 saturated carbocycles. The van der Waals surface area contributed by atoms with Crippen molar-refractivity contribution in [2.75, 3.05) is 6.54 Å². The van der Waals surface area contributed by atoms with Crippen LogP contribution in [0.4, 0.5) is 0 Å². The summed E-state index contributed by atoms with van der Waals surface area (Å²) in [4.78, 5) is 72.6. The number of nitrogens with zero attached hydrogens (tertiary/aromatic N) is 1. The summed E-state index contributed by atoms with van der Waals surface area (Å²) < 4.78 is 0. The van der Waals surface area contributed by atoms with Crippen LogP contribution in [0.1, 0.15) is 46.0 Å². The first-order valence-corrected chi connectivity index (χ1v) is 10.2. The van der Waals surface area contributed by atoms with Gasteiger partial charge in [0.05, 0.1) is 12.5 Å². The molecule has 13 nitrogen and oxygen atoms in total. The van der Waals surface area contributed by atoms with E-state index in [0.29, 0.717) is 6.42 Å². The van der Waals surface area contributed by atoms with Gasteiger partial charge in [0.25, 0.3) is 0 Å². The Kier molecular flexibility index (Phi) is 10.0. The van der Waals surface area contributed by atoms with Gasteiger partial charge in [0.15, 0.2) is 0 Å². The van der Waals surface area contributed by atoms with E-state index < -0.39 is 66.2 Å². The van der Waals surface area contributed by atoms with Gasteiger partial charge in [-0.05, 0) is 25.2 Å². The van der Waals surface area contributed by atoms with Crippen LogP contribution in [0.15, 0.2) is 0 Å². The summed E-state index contributed by atoms with van der Waals surface area (Å²) in [5, 5.41) is 22.6. The molecule has 0 aromatic rings. The number of hydrogen-bond donors (Lipinski definition) is 6. The predicted molar refractivity (Wildman–Crippen MR) is 110 cm³/mol. The molecule has 8 N–H and O–H groups in total. The largest absolute Gasteiger partial charge is 0.481 e. The van der Waals surface area contributed by atoms with Gasteiger partial charge >= 0.3 is 11.9 Å². The molecule has 1 aliphatic rings. The minimum absolute atomic E-state index is 0.105. The molecule has 0 aliphatic carbocycles. The molecule has 4 atom stereocenters. The Labute approximate surface area is 184 Å². The highest BCUT2D eigenvalue weighted by Gasteiger charge is 2.39. The second kappa shape index (κ2) is 12.0. The van der Waals surface area contributed by atoms with E-state index in [9.17, 15) is 28.8 Å². The highest BCUT2D eigenvalue weighted by molar-refractivity contribution is 5.95. The van der Waals surface area contributed by atoms with E-state index in [0.717, 1.165) is 0 Å². The maximum Gasteiger partial charge on any atom is 0.326 e. The van der Waals surface area contributed by atoms with Crippen LogP contribution < -0.4 is 22.1 Å². The molecule has 0 aromatic heterocycles. The standard InChI is InChI=1S/C19H31N5O8/c1-9(2)15(21)17(29)22-10(5-6-13(20)25)18(30)24-7-3-4-12(24)16(28)23-11(19(31)32)8-14(26)27/h9-12,15H,3-8,21H2,1-2H3,(H2,20,25)(H,22,29)(H,23,28)(H,26,27)(H,31,32). The fraction of sp³-hybridized carbons (Fsp3) is 0.684. The molecule has 0 spiro atoms.